The summed E-state index contributed by atoms with van der Waals surface area (Å²) < 4.78 is 28.5. The molecule has 0 aliphatic carbocycles. The summed E-state index contributed by atoms with van der Waals surface area (Å²) in [6.07, 6.45) is 0. The van der Waals surface area contributed by atoms with Gasteiger partial charge in [-0.1, -0.05) is 36.4 Å². The third-order valence-corrected chi connectivity index (χ3v) is 5.16. The lowest BCUT2D eigenvalue weighted by molar-refractivity contribution is 0.271. The molecule has 0 aliphatic rings. The summed E-state index contributed by atoms with van der Waals surface area (Å²) in [7, 11) is 6.07. The van der Waals surface area contributed by atoms with Crippen molar-refractivity contribution in [1.82, 2.24) is 0 Å². The van der Waals surface area contributed by atoms with Crippen molar-refractivity contribution in [2.24, 2.45) is 0 Å². The normalized spacial score (nSPS) is 10.6. The number of aliphatic hydroxyl groups is 2. The number of rotatable bonds is 10. The van der Waals surface area contributed by atoms with Crippen LogP contribution in [0.5, 0.6) is 28.7 Å². The Labute approximate surface area is 187 Å². The molecular weight excluding hydrogens is 412 g/mol. The summed E-state index contributed by atoms with van der Waals surface area (Å²) in [6.45, 7) is -0.279. The lowest BCUT2D eigenvalue weighted by atomic mass is 9.92. The smallest absolute Gasteiger partial charge is 0.203 e. The average molecular weight is 440 g/mol. The first-order valence-corrected chi connectivity index (χ1v) is 10.0. The van der Waals surface area contributed by atoms with Gasteiger partial charge in [0.05, 0.1) is 41.7 Å². The van der Waals surface area contributed by atoms with Gasteiger partial charge in [0, 0.05) is 11.1 Å². The Bertz CT molecular complexity index is 1050. The van der Waals surface area contributed by atoms with Crippen molar-refractivity contribution < 1.29 is 33.9 Å². The summed E-state index contributed by atoms with van der Waals surface area (Å²) in [5.41, 5.74) is 3.14. The standard InChI is InChI=1S/C25H28O7/c1-28-19-11-10-17(13-26)21(23(19)32-15-16-8-6-5-7-9-16)22-18(14-27)12-20(29-2)24(30-3)25(22)31-4/h5-12,26-27H,13-15H2,1-4H3. The van der Waals surface area contributed by atoms with Crippen LogP contribution in [0.4, 0.5) is 0 Å². The van der Waals surface area contributed by atoms with E-state index < -0.39 is 0 Å². The minimum absolute atomic E-state index is 0.261. The highest BCUT2D eigenvalue weighted by Crippen LogP contribution is 2.52. The van der Waals surface area contributed by atoms with Gasteiger partial charge in [0.15, 0.2) is 23.0 Å². The third kappa shape index (κ3) is 4.44. The maximum absolute atomic E-state index is 10.2. The van der Waals surface area contributed by atoms with Gasteiger partial charge >= 0.3 is 0 Å². The van der Waals surface area contributed by atoms with Crippen molar-refractivity contribution in [3.63, 3.8) is 0 Å². The molecule has 0 atom stereocenters. The molecular formula is C25H28O7. The summed E-state index contributed by atoms with van der Waals surface area (Å²) in [5, 5.41) is 20.3. The Morgan fingerprint density at radius 2 is 1.25 bits per heavy atom. The fourth-order valence-electron chi connectivity index (χ4n) is 3.65. The number of aliphatic hydroxyl groups excluding tert-OH is 2. The van der Waals surface area contributed by atoms with Crippen LogP contribution in [0, 0.1) is 0 Å². The number of hydrogen-bond acceptors (Lipinski definition) is 7. The predicted molar refractivity (Wildman–Crippen MR) is 121 cm³/mol. The summed E-state index contributed by atoms with van der Waals surface area (Å²) in [5.74, 6) is 2.03. The van der Waals surface area contributed by atoms with Gasteiger partial charge in [-0.05, 0) is 28.8 Å². The topological polar surface area (TPSA) is 86.6 Å². The minimum Gasteiger partial charge on any atom is -0.493 e. The Morgan fingerprint density at radius 1 is 0.625 bits per heavy atom. The number of hydrogen-bond donors (Lipinski definition) is 2. The highest BCUT2D eigenvalue weighted by molar-refractivity contribution is 5.86. The average Bonchev–Trinajstić information content (AvgIpc) is 2.85. The highest BCUT2D eigenvalue weighted by Gasteiger charge is 2.27. The lowest BCUT2D eigenvalue weighted by Crippen LogP contribution is -2.06. The molecule has 0 amide bonds. The van der Waals surface area contributed by atoms with Crippen LogP contribution >= 0.6 is 0 Å². The number of ether oxygens (including phenoxy) is 5. The van der Waals surface area contributed by atoms with E-state index in [0.717, 1.165) is 5.56 Å². The second kappa shape index (κ2) is 10.7. The highest BCUT2D eigenvalue weighted by atomic mass is 16.5. The van der Waals surface area contributed by atoms with Crippen molar-refractivity contribution in [3.05, 3.63) is 65.2 Å². The second-order valence-electron chi connectivity index (χ2n) is 6.90. The molecule has 170 valence electrons. The van der Waals surface area contributed by atoms with Crippen LogP contribution < -0.4 is 23.7 Å². The van der Waals surface area contributed by atoms with E-state index in [-0.39, 0.29) is 19.8 Å². The predicted octanol–water partition coefficient (Wildman–Crippen LogP) is 3.95. The van der Waals surface area contributed by atoms with E-state index in [1.807, 2.05) is 30.3 Å². The molecule has 0 aliphatic heterocycles. The van der Waals surface area contributed by atoms with E-state index >= 15 is 0 Å². The third-order valence-electron chi connectivity index (χ3n) is 5.16. The van der Waals surface area contributed by atoms with Gasteiger partial charge in [0.1, 0.15) is 6.61 Å². The molecule has 3 rings (SSSR count). The van der Waals surface area contributed by atoms with Crippen LogP contribution in [0.1, 0.15) is 16.7 Å². The summed E-state index contributed by atoms with van der Waals surface area (Å²) in [4.78, 5) is 0. The van der Waals surface area contributed by atoms with Gasteiger partial charge in [-0.2, -0.15) is 0 Å². The van der Waals surface area contributed by atoms with Crippen molar-refractivity contribution >= 4 is 0 Å². The van der Waals surface area contributed by atoms with Crippen LogP contribution in [0.3, 0.4) is 0 Å². The Kier molecular flexibility index (Phi) is 7.81. The molecule has 3 aromatic rings. The molecule has 2 N–H and O–H groups in total. The maximum atomic E-state index is 10.2. The quantitative estimate of drug-likeness (QED) is 0.494. The van der Waals surface area contributed by atoms with E-state index in [0.29, 0.717) is 51.0 Å². The Morgan fingerprint density at radius 3 is 1.81 bits per heavy atom. The fraction of sp³-hybridized carbons (Fsp3) is 0.280. The SMILES string of the molecule is COc1cc(CO)c(-c2c(CO)ccc(OC)c2OCc2ccccc2)c(OC)c1OC. The molecule has 0 unspecified atom stereocenters. The second-order valence-corrected chi connectivity index (χ2v) is 6.90. The molecule has 7 heteroatoms. The van der Waals surface area contributed by atoms with Gasteiger partial charge < -0.3 is 33.9 Å². The number of methoxy groups -OCH3 is 4. The molecule has 0 radical (unpaired) electrons. The van der Waals surface area contributed by atoms with Crippen molar-refractivity contribution in [3.8, 4) is 39.9 Å². The first-order valence-electron chi connectivity index (χ1n) is 10.0. The van der Waals surface area contributed by atoms with Crippen molar-refractivity contribution in [2.45, 2.75) is 19.8 Å². The van der Waals surface area contributed by atoms with E-state index in [9.17, 15) is 10.2 Å². The zero-order chi connectivity index (χ0) is 23.1. The largest absolute Gasteiger partial charge is 0.493 e. The van der Waals surface area contributed by atoms with Crippen LogP contribution in [0.2, 0.25) is 0 Å². The van der Waals surface area contributed by atoms with E-state index in [1.165, 1.54) is 21.3 Å². The summed E-state index contributed by atoms with van der Waals surface area (Å²) in [6, 6.07) is 14.9. The van der Waals surface area contributed by atoms with Crippen LogP contribution in [-0.2, 0) is 19.8 Å². The molecule has 0 spiro atoms. The molecule has 32 heavy (non-hydrogen) atoms. The van der Waals surface area contributed by atoms with Crippen LogP contribution in [-0.4, -0.2) is 38.7 Å². The van der Waals surface area contributed by atoms with Gasteiger partial charge in [-0.25, -0.2) is 0 Å². The Balaban J connectivity index is 2.31. The number of benzene rings is 3. The van der Waals surface area contributed by atoms with Gasteiger partial charge in [0.2, 0.25) is 5.75 Å². The first kappa shape index (κ1) is 23.2. The first-order chi connectivity index (χ1) is 15.6. The molecule has 0 saturated heterocycles. The molecule has 0 heterocycles. The van der Waals surface area contributed by atoms with Crippen LogP contribution in [0.25, 0.3) is 11.1 Å². The lowest BCUT2D eigenvalue weighted by Gasteiger charge is -2.23. The van der Waals surface area contributed by atoms with Gasteiger partial charge in [-0.15, -0.1) is 0 Å². The molecule has 0 saturated carbocycles. The zero-order valence-electron chi connectivity index (χ0n) is 18.7. The molecule has 7 nitrogen and oxygen atoms in total. The summed E-state index contributed by atoms with van der Waals surface area (Å²) >= 11 is 0. The van der Waals surface area contributed by atoms with Crippen molar-refractivity contribution in [2.75, 3.05) is 28.4 Å². The monoisotopic (exact) mass is 440 g/mol. The molecule has 0 aromatic heterocycles. The van der Waals surface area contributed by atoms with Crippen molar-refractivity contribution in [1.29, 1.82) is 0 Å². The van der Waals surface area contributed by atoms with E-state index in [4.69, 9.17) is 23.7 Å². The molecule has 0 bridgehead atoms. The fourth-order valence-corrected chi connectivity index (χ4v) is 3.65. The van der Waals surface area contributed by atoms with E-state index in [2.05, 4.69) is 0 Å². The zero-order valence-corrected chi connectivity index (χ0v) is 18.7. The minimum atomic E-state index is -0.299. The van der Waals surface area contributed by atoms with E-state index in [1.54, 1.807) is 25.3 Å². The van der Waals surface area contributed by atoms with Gasteiger partial charge in [-0.3, -0.25) is 0 Å². The maximum Gasteiger partial charge on any atom is 0.203 e. The Hall–Kier alpha value is -3.42. The molecule has 3 aromatic carbocycles. The molecule has 0 fully saturated rings. The van der Waals surface area contributed by atoms with Crippen LogP contribution in [0.15, 0.2) is 48.5 Å². The van der Waals surface area contributed by atoms with Gasteiger partial charge in [0.25, 0.3) is 0 Å².